The second-order valence-electron chi connectivity index (χ2n) is 10.5. The third-order valence-corrected chi connectivity index (χ3v) is 8.96. The summed E-state index contributed by atoms with van der Waals surface area (Å²) in [6.45, 7) is 6.82. The second kappa shape index (κ2) is 11.1. The normalized spacial score (nSPS) is 14.9. The summed E-state index contributed by atoms with van der Waals surface area (Å²) in [5, 5.41) is 22.7. The first-order valence-corrected chi connectivity index (χ1v) is 14.5. The fraction of sp³-hybridized carbons (Fsp3) is 0.300. The fourth-order valence-corrected chi connectivity index (χ4v) is 6.67. The van der Waals surface area contributed by atoms with Crippen molar-refractivity contribution < 1.29 is 4.79 Å². The van der Waals surface area contributed by atoms with Gasteiger partial charge in [0.15, 0.2) is 0 Å². The molecular weight excluding hydrogens is 510 g/mol. The van der Waals surface area contributed by atoms with Crippen LogP contribution in [0.2, 0.25) is 0 Å². The number of hydrogen-bond donors (Lipinski definition) is 1. The third kappa shape index (κ3) is 5.64. The van der Waals surface area contributed by atoms with Gasteiger partial charge in [-0.1, -0.05) is 93.2 Å². The lowest BCUT2D eigenvalue weighted by Gasteiger charge is -2.33. The minimum atomic E-state index is -0.186. The van der Waals surface area contributed by atoms with Gasteiger partial charge in [-0.15, -0.1) is 21.5 Å². The fourth-order valence-electron chi connectivity index (χ4n) is 4.78. The number of carbonyl (C=O) groups is 1. The van der Waals surface area contributed by atoms with Crippen molar-refractivity contribution in [3.8, 4) is 28.6 Å². The number of anilines is 1. The summed E-state index contributed by atoms with van der Waals surface area (Å²) in [7, 11) is 0. The van der Waals surface area contributed by atoms with Crippen molar-refractivity contribution in [3.63, 3.8) is 0 Å². The van der Waals surface area contributed by atoms with Gasteiger partial charge in [-0.25, -0.2) is 4.98 Å². The lowest BCUT2D eigenvalue weighted by Crippen LogP contribution is -2.26. The minimum Gasteiger partial charge on any atom is -0.316 e. The van der Waals surface area contributed by atoms with Crippen LogP contribution in [0.5, 0.6) is 0 Å². The van der Waals surface area contributed by atoms with Crippen molar-refractivity contribution >= 4 is 34.0 Å². The van der Waals surface area contributed by atoms with Gasteiger partial charge in [-0.05, 0) is 36.2 Å². The van der Waals surface area contributed by atoms with Crippen LogP contribution >= 0.6 is 23.1 Å². The Morgan fingerprint density at radius 2 is 1.71 bits per heavy atom. The Hall–Kier alpha value is -3.54. The summed E-state index contributed by atoms with van der Waals surface area (Å²) in [4.78, 5) is 18.9. The van der Waals surface area contributed by atoms with E-state index in [2.05, 4.69) is 42.4 Å². The summed E-state index contributed by atoms with van der Waals surface area (Å²) < 4.78 is 0. The second-order valence-corrected chi connectivity index (χ2v) is 12.5. The predicted octanol–water partition coefficient (Wildman–Crippen LogP) is 7.02. The number of thiophene rings is 1. The maximum absolute atomic E-state index is 12.9. The molecule has 0 fully saturated rings. The van der Waals surface area contributed by atoms with Crippen molar-refractivity contribution in [2.24, 2.45) is 11.3 Å². The molecule has 1 aliphatic carbocycles. The zero-order valence-electron chi connectivity index (χ0n) is 21.7. The van der Waals surface area contributed by atoms with E-state index in [0.29, 0.717) is 27.3 Å². The highest BCUT2D eigenvalue weighted by atomic mass is 32.2. The molecule has 1 atom stereocenters. The molecule has 0 unspecified atom stereocenters. The van der Waals surface area contributed by atoms with Gasteiger partial charge in [0.25, 0.3) is 0 Å². The van der Waals surface area contributed by atoms with Crippen LogP contribution < -0.4 is 5.32 Å². The number of hydrogen-bond acceptors (Lipinski definition) is 7. The van der Waals surface area contributed by atoms with Crippen molar-refractivity contribution in [2.75, 3.05) is 11.1 Å². The highest BCUT2D eigenvalue weighted by molar-refractivity contribution is 7.99. The largest absolute Gasteiger partial charge is 0.316 e. The smallest absolute Gasteiger partial charge is 0.235 e. The van der Waals surface area contributed by atoms with Gasteiger partial charge in [0, 0.05) is 16.0 Å². The highest BCUT2D eigenvalue weighted by Crippen LogP contribution is 2.44. The van der Waals surface area contributed by atoms with E-state index in [0.717, 1.165) is 41.6 Å². The van der Waals surface area contributed by atoms with E-state index in [9.17, 15) is 10.1 Å². The van der Waals surface area contributed by atoms with Gasteiger partial charge in [0.05, 0.1) is 11.3 Å². The van der Waals surface area contributed by atoms with Crippen LogP contribution in [-0.2, 0) is 17.6 Å². The van der Waals surface area contributed by atoms with Crippen LogP contribution in [0, 0.1) is 22.7 Å². The molecule has 2 heterocycles. The number of aromatic nitrogens is 3. The molecular formula is C30H29N5OS2. The van der Waals surface area contributed by atoms with Gasteiger partial charge in [0.2, 0.25) is 11.1 Å². The molecule has 1 aliphatic rings. The molecule has 2 aromatic carbocycles. The lowest BCUT2D eigenvalue weighted by molar-refractivity contribution is -0.113. The standard InChI is InChI=1S/C30H29N5OS2/c1-30(2,3)21-14-15-22-23(17-31)28(38-24(22)16-21)32-25(36)18-37-29-33-26(19-10-6-4-7-11-19)27(34-35-29)20-12-8-5-9-13-20/h4-13,21H,14-16,18H2,1-3H3,(H,32,36)/t21-/m0/s1. The molecule has 0 bridgehead atoms. The number of nitrogens with one attached hydrogen (secondary N) is 1. The number of nitrogens with zero attached hydrogens (tertiary/aromatic N) is 4. The lowest BCUT2D eigenvalue weighted by atomic mass is 9.72. The molecule has 0 radical (unpaired) electrons. The van der Waals surface area contributed by atoms with Crippen molar-refractivity contribution in [2.45, 2.75) is 45.2 Å². The Kier molecular flexibility index (Phi) is 7.59. The minimum absolute atomic E-state index is 0.124. The summed E-state index contributed by atoms with van der Waals surface area (Å²) in [6, 6.07) is 22.0. The van der Waals surface area contributed by atoms with Gasteiger partial charge in [-0.2, -0.15) is 5.26 Å². The number of nitriles is 1. The highest BCUT2D eigenvalue weighted by Gasteiger charge is 2.32. The maximum Gasteiger partial charge on any atom is 0.235 e. The third-order valence-electron chi connectivity index (χ3n) is 6.95. The molecule has 6 nitrogen and oxygen atoms in total. The number of fused-ring (bicyclic) bond motifs is 1. The Morgan fingerprint density at radius 1 is 1.05 bits per heavy atom. The van der Waals surface area contributed by atoms with Gasteiger partial charge >= 0.3 is 0 Å². The van der Waals surface area contributed by atoms with Crippen molar-refractivity contribution in [1.82, 2.24) is 15.2 Å². The van der Waals surface area contributed by atoms with E-state index in [1.54, 1.807) is 11.3 Å². The number of rotatable bonds is 6. The molecule has 2 aromatic heterocycles. The van der Waals surface area contributed by atoms with E-state index in [-0.39, 0.29) is 17.1 Å². The number of amides is 1. The van der Waals surface area contributed by atoms with E-state index in [1.165, 1.54) is 16.6 Å². The molecule has 0 spiro atoms. The quantitative estimate of drug-likeness (QED) is 0.265. The summed E-state index contributed by atoms with van der Waals surface area (Å²) in [6.07, 6.45) is 2.91. The zero-order valence-corrected chi connectivity index (χ0v) is 23.3. The molecule has 1 N–H and O–H groups in total. The van der Waals surface area contributed by atoms with Crippen LogP contribution in [0.15, 0.2) is 65.8 Å². The van der Waals surface area contributed by atoms with Crippen molar-refractivity contribution in [3.05, 3.63) is 76.7 Å². The van der Waals surface area contributed by atoms with Crippen LogP contribution in [0.3, 0.4) is 0 Å². The molecule has 1 amide bonds. The van der Waals surface area contributed by atoms with Crippen LogP contribution in [-0.4, -0.2) is 26.8 Å². The average Bonchev–Trinajstić information content (AvgIpc) is 3.28. The van der Waals surface area contributed by atoms with Crippen LogP contribution in [0.1, 0.15) is 43.2 Å². The number of benzene rings is 2. The summed E-state index contributed by atoms with van der Waals surface area (Å²) >= 11 is 2.79. The Balaban J connectivity index is 1.32. The van der Waals surface area contributed by atoms with E-state index in [1.807, 2.05) is 60.7 Å². The SMILES string of the molecule is CC(C)(C)[C@H]1CCc2c(sc(NC(=O)CSc3nnc(-c4ccccc4)c(-c4ccccc4)n3)c2C#N)C1. The van der Waals surface area contributed by atoms with Crippen LogP contribution in [0.4, 0.5) is 5.00 Å². The molecule has 8 heteroatoms. The Bertz CT molecular complexity index is 1490. The number of carbonyl (C=O) groups excluding carboxylic acids is 1. The average molecular weight is 540 g/mol. The molecule has 192 valence electrons. The predicted molar refractivity (Wildman–Crippen MR) is 154 cm³/mol. The zero-order chi connectivity index (χ0) is 26.7. The van der Waals surface area contributed by atoms with Gasteiger partial charge in [0.1, 0.15) is 22.5 Å². The molecule has 0 saturated carbocycles. The van der Waals surface area contributed by atoms with Gasteiger partial charge in [-0.3, -0.25) is 4.79 Å². The Morgan fingerprint density at radius 3 is 2.34 bits per heavy atom. The Labute approximate surface area is 231 Å². The molecule has 4 aromatic rings. The van der Waals surface area contributed by atoms with Crippen LogP contribution in [0.25, 0.3) is 22.5 Å². The summed E-state index contributed by atoms with van der Waals surface area (Å²) in [5.41, 5.74) is 5.23. The van der Waals surface area contributed by atoms with Gasteiger partial charge < -0.3 is 5.32 Å². The first kappa shape index (κ1) is 26.1. The first-order chi connectivity index (χ1) is 18.3. The maximum atomic E-state index is 12.9. The first-order valence-electron chi connectivity index (χ1n) is 12.7. The molecule has 5 rings (SSSR count). The summed E-state index contributed by atoms with van der Waals surface area (Å²) in [5.74, 6) is 0.509. The van der Waals surface area contributed by atoms with Crippen molar-refractivity contribution in [1.29, 1.82) is 5.26 Å². The number of thioether (sulfide) groups is 1. The van der Waals surface area contributed by atoms with E-state index >= 15 is 0 Å². The van der Waals surface area contributed by atoms with E-state index in [4.69, 9.17) is 4.98 Å². The molecule has 38 heavy (non-hydrogen) atoms. The topological polar surface area (TPSA) is 91.6 Å². The van der Waals surface area contributed by atoms with E-state index < -0.39 is 0 Å². The monoisotopic (exact) mass is 539 g/mol. The molecule has 0 saturated heterocycles. The molecule has 0 aliphatic heterocycles.